The van der Waals surface area contributed by atoms with Crippen molar-refractivity contribution in [1.29, 1.82) is 0 Å². The first-order valence-electron chi connectivity index (χ1n) is 9.75. The van der Waals surface area contributed by atoms with Gasteiger partial charge >= 0.3 is 0 Å². The molecular formula is C20H27N3O3S. The third kappa shape index (κ3) is 3.26. The second kappa shape index (κ2) is 7.26. The van der Waals surface area contributed by atoms with E-state index in [4.69, 9.17) is 4.74 Å². The molecule has 0 spiro atoms. The molecule has 3 aliphatic rings. The van der Waals surface area contributed by atoms with E-state index in [0.717, 1.165) is 30.9 Å². The third-order valence-corrected chi connectivity index (χ3v) is 7.33. The molecule has 3 heterocycles. The molecule has 3 fully saturated rings. The minimum atomic E-state index is -0.294. The maximum atomic E-state index is 13.1. The average molecular weight is 390 g/mol. The van der Waals surface area contributed by atoms with E-state index in [9.17, 15) is 9.59 Å². The molecule has 3 aliphatic heterocycles. The highest BCUT2D eigenvalue weighted by atomic mass is 32.2. The van der Waals surface area contributed by atoms with E-state index in [1.54, 1.807) is 11.8 Å². The number of fused-ring (bicyclic) bond motifs is 1. The Labute approximate surface area is 164 Å². The van der Waals surface area contributed by atoms with Crippen LogP contribution in [-0.4, -0.2) is 71.1 Å². The Morgan fingerprint density at radius 3 is 2.74 bits per heavy atom. The van der Waals surface area contributed by atoms with Crippen LogP contribution in [0.25, 0.3) is 0 Å². The molecule has 0 aromatic heterocycles. The molecule has 0 bridgehead atoms. The molecule has 3 saturated heterocycles. The van der Waals surface area contributed by atoms with Gasteiger partial charge in [0, 0.05) is 38.4 Å². The van der Waals surface area contributed by atoms with Gasteiger partial charge in [0.05, 0.1) is 17.2 Å². The minimum absolute atomic E-state index is 0.110. The first kappa shape index (κ1) is 18.5. The number of hydrogen-bond donors (Lipinski definition) is 0. The summed E-state index contributed by atoms with van der Waals surface area (Å²) in [6, 6.07) is 7.77. The summed E-state index contributed by atoms with van der Waals surface area (Å²) in [5.74, 6) is 1.85. The predicted octanol–water partition coefficient (Wildman–Crippen LogP) is 2.19. The molecule has 0 saturated carbocycles. The van der Waals surface area contributed by atoms with Crippen LogP contribution in [0.5, 0.6) is 5.75 Å². The lowest BCUT2D eigenvalue weighted by molar-refractivity contribution is -0.143. The number of para-hydroxylation sites is 2. The second-order valence-electron chi connectivity index (χ2n) is 7.48. The largest absolute Gasteiger partial charge is 0.492 e. The Bertz CT molecular complexity index is 735. The molecule has 0 radical (unpaired) electrons. The first-order valence-corrected chi connectivity index (χ1v) is 10.7. The monoisotopic (exact) mass is 389 g/mol. The first-order chi connectivity index (χ1) is 13.0. The Hall–Kier alpha value is -1.89. The van der Waals surface area contributed by atoms with E-state index in [1.807, 2.05) is 34.9 Å². The van der Waals surface area contributed by atoms with Gasteiger partial charge in [0.1, 0.15) is 11.8 Å². The molecule has 0 aliphatic carbocycles. The minimum Gasteiger partial charge on any atom is -0.492 e. The molecule has 7 heteroatoms. The van der Waals surface area contributed by atoms with Crippen molar-refractivity contribution in [1.82, 2.24) is 9.80 Å². The number of hydrogen-bond acceptors (Lipinski definition) is 5. The highest BCUT2D eigenvalue weighted by Crippen LogP contribution is 2.47. The zero-order chi connectivity index (χ0) is 19.0. The summed E-state index contributed by atoms with van der Waals surface area (Å²) in [5.41, 5.74) is 1.09. The van der Waals surface area contributed by atoms with Gasteiger partial charge in [-0.15, -0.1) is 11.8 Å². The highest BCUT2D eigenvalue weighted by Gasteiger charge is 2.53. The SMILES string of the molecule is CCOc1ccccc1N1CCN(C(=O)[C@@H]2CS[C@@]3(C)CCC(=O)N23)CC1. The van der Waals surface area contributed by atoms with Crippen LogP contribution in [0, 0.1) is 0 Å². The van der Waals surface area contributed by atoms with E-state index in [1.165, 1.54) is 0 Å². The van der Waals surface area contributed by atoms with Crippen molar-refractivity contribution in [2.24, 2.45) is 0 Å². The van der Waals surface area contributed by atoms with Gasteiger partial charge in [-0.3, -0.25) is 9.59 Å². The van der Waals surface area contributed by atoms with Crippen molar-refractivity contribution in [3.05, 3.63) is 24.3 Å². The van der Waals surface area contributed by atoms with Crippen LogP contribution < -0.4 is 9.64 Å². The Morgan fingerprint density at radius 1 is 1.26 bits per heavy atom. The molecule has 0 N–H and O–H groups in total. The van der Waals surface area contributed by atoms with Gasteiger partial charge in [-0.25, -0.2) is 0 Å². The van der Waals surface area contributed by atoms with E-state index >= 15 is 0 Å². The van der Waals surface area contributed by atoms with Crippen LogP contribution in [0.3, 0.4) is 0 Å². The van der Waals surface area contributed by atoms with Crippen LogP contribution in [0.1, 0.15) is 26.7 Å². The second-order valence-corrected chi connectivity index (χ2v) is 8.98. The fourth-order valence-electron chi connectivity index (χ4n) is 4.38. The van der Waals surface area contributed by atoms with E-state index in [2.05, 4.69) is 17.9 Å². The van der Waals surface area contributed by atoms with Crippen molar-refractivity contribution in [3.8, 4) is 5.75 Å². The molecule has 2 amide bonds. The van der Waals surface area contributed by atoms with Crippen molar-refractivity contribution < 1.29 is 14.3 Å². The third-order valence-electron chi connectivity index (χ3n) is 5.83. The van der Waals surface area contributed by atoms with Gasteiger partial charge in [-0.2, -0.15) is 0 Å². The van der Waals surface area contributed by atoms with E-state index in [-0.39, 0.29) is 22.7 Å². The molecule has 2 atom stereocenters. The van der Waals surface area contributed by atoms with Gasteiger partial charge in [0.2, 0.25) is 11.8 Å². The molecule has 4 rings (SSSR count). The standard InChI is InChI=1S/C20H27N3O3S/c1-3-26-17-7-5-4-6-15(17)21-10-12-22(13-11-21)19(25)16-14-27-20(2)9-8-18(24)23(16)20/h4-7,16H,3,8-14H2,1-2H3/t16-,20-/m0/s1. The van der Waals surface area contributed by atoms with Gasteiger partial charge in [-0.05, 0) is 32.4 Å². The number of ether oxygens (including phenoxy) is 1. The number of anilines is 1. The number of rotatable bonds is 4. The fourth-order valence-corrected chi connectivity index (χ4v) is 5.80. The topological polar surface area (TPSA) is 53.1 Å². The van der Waals surface area contributed by atoms with Crippen LogP contribution in [0.2, 0.25) is 0 Å². The summed E-state index contributed by atoms with van der Waals surface area (Å²) in [6.45, 7) is 7.64. The number of nitrogens with zero attached hydrogens (tertiary/aromatic N) is 3. The molecule has 0 unspecified atom stereocenters. The molecule has 1 aromatic rings. The Kier molecular flexibility index (Phi) is 4.97. The maximum Gasteiger partial charge on any atom is 0.246 e. The summed E-state index contributed by atoms with van der Waals surface area (Å²) >= 11 is 1.75. The summed E-state index contributed by atoms with van der Waals surface area (Å²) in [7, 11) is 0. The van der Waals surface area contributed by atoms with Crippen molar-refractivity contribution >= 4 is 29.3 Å². The molecule has 1 aromatic carbocycles. The van der Waals surface area contributed by atoms with Crippen LogP contribution >= 0.6 is 11.8 Å². The average Bonchev–Trinajstić information content (AvgIpc) is 3.18. The summed E-state index contributed by atoms with van der Waals surface area (Å²) in [6.07, 6.45) is 1.41. The van der Waals surface area contributed by atoms with Crippen molar-refractivity contribution in [2.45, 2.75) is 37.6 Å². The van der Waals surface area contributed by atoms with Crippen LogP contribution in [-0.2, 0) is 9.59 Å². The van der Waals surface area contributed by atoms with Crippen LogP contribution in [0.4, 0.5) is 5.69 Å². The Balaban J connectivity index is 1.41. The normalized spacial score (nSPS) is 27.9. The molecule has 6 nitrogen and oxygen atoms in total. The quantitative estimate of drug-likeness (QED) is 0.790. The maximum absolute atomic E-state index is 13.1. The molecule has 27 heavy (non-hydrogen) atoms. The number of amides is 2. The summed E-state index contributed by atoms with van der Waals surface area (Å²) < 4.78 is 5.75. The fraction of sp³-hybridized carbons (Fsp3) is 0.600. The smallest absolute Gasteiger partial charge is 0.246 e. The van der Waals surface area contributed by atoms with E-state index < -0.39 is 0 Å². The number of thioether (sulfide) groups is 1. The van der Waals surface area contributed by atoms with Gasteiger partial charge in [0.15, 0.2) is 0 Å². The van der Waals surface area contributed by atoms with Crippen molar-refractivity contribution in [2.75, 3.05) is 43.4 Å². The summed E-state index contributed by atoms with van der Waals surface area (Å²) in [4.78, 5) is 31.3. The Morgan fingerprint density at radius 2 is 2.00 bits per heavy atom. The van der Waals surface area contributed by atoms with E-state index in [0.29, 0.717) is 31.9 Å². The lowest BCUT2D eigenvalue weighted by Crippen LogP contribution is -2.56. The summed E-state index contributed by atoms with van der Waals surface area (Å²) in [5, 5.41) is 0. The van der Waals surface area contributed by atoms with Gasteiger partial charge < -0.3 is 19.4 Å². The molecule has 146 valence electrons. The number of piperazine rings is 1. The number of benzene rings is 1. The zero-order valence-corrected chi connectivity index (χ0v) is 16.8. The van der Waals surface area contributed by atoms with Gasteiger partial charge in [-0.1, -0.05) is 12.1 Å². The predicted molar refractivity (Wildman–Crippen MR) is 107 cm³/mol. The van der Waals surface area contributed by atoms with Crippen LogP contribution in [0.15, 0.2) is 24.3 Å². The molecular weight excluding hydrogens is 362 g/mol. The number of carbonyl (C=O) groups excluding carboxylic acids is 2. The lowest BCUT2D eigenvalue weighted by Gasteiger charge is -2.39. The van der Waals surface area contributed by atoms with Crippen molar-refractivity contribution in [3.63, 3.8) is 0 Å². The zero-order valence-electron chi connectivity index (χ0n) is 16.0. The lowest BCUT2D eigenvalue weighted by atomic mass is 10.1. The highest BCUT2D eigenvalue weighted by molar-refractivity contribution is 8.01. The number of carbonyl (C=O) groups is 2. The van der Waals surface area contributed by atoms with Gasteiger partial charge in [0.25, 0.3) is 0 Å².